The molecule has 1 rings (SSSR count). The molecule has 6 heteroatoms. The molecular formula is C13H26N2O3S. The molecule has 2 N–H and O–H groups in total. The van der Waals surface area contributed by atoms with Gasteiger partial charge in [-0.25, -0.2) is 13.7 Å². The summed E-state index contributed by atoms with van der Waals surface area (Å²) in [5, 5.41) is 2.81. The molecule has 0 aromatic heterocycles. The number of carbonyl (C=O) groups is 1. The highest BCUT2D eigenvalue weighted by Gasteiger charge is 2.43. The van der Waals surface area contributed by atoms with Gasteiger partial charge in [0, 0.05) is 11.6 Å². The van der Waals surface area contributed by atoms with E-state index in [1.165, 1.54) is 0 Å². The number of hydrogen-bond acceptors (Lipinski definition) is 3. The molecule has 1 amide bonds. The number of carbonyl (C=O) groups excluding carboxylic acids is 1. The Morgan fingerprint density at radius 2 is 1.89 bits per heavy atom. The average molecular weight is 290 g/mol. The molecule has 19 heavy (non-hydrogen) atoms. The van der Waals surface area contributed by atoms with Gasteiger partial charge < -0.3 is 10.1 Å². The Labute approximate surface area is 118 Å². The monoisotopic (exact) mass is 290 g/mol. The molecule has 1 aliphatic rings. The van der Waals surface area contributed by atoms with Crippen LogP contribution in [0.15, 0.2) is 0 Å². The van der Waals surface area contributed by atoms with Gasteiger partial charge in [-0.05, 0) is 54.4 Å². The maximum atomic E-state index is 12.0. The van der Waals surface area contributed by atoms with Gasteiger partial charge in [0.05, 0.1) is 21.8 Å². The predicted molar refractivity (Wildman–Crippen MR) is 77.2 cm³/mol. The first-order valence-corrected chi connectivity index (χ1v) is 7.84. The quantitative estimate of drug-likeness (QED) is 0.833. The summed E-state index contributed by atoms with van der Waals surface area (Å²) in [5.41, 5.74) is -0.173. The molecule has 0 aliphatic heterocycles. The summed E-state index contributed by atoms with van der Waals surface area (Å²) in [5.74, 6) is 0. The van der Waals surface area contributed by atoms with Gasteiger partial charge >= 0.3 is 6.09 Å². The van der Waals surface area contributed by atoms with E-state index in [-0.39, 0.29) is 28.5 Å². The first kappa shape index (κ1) is 16.4. The van der Waals surface area contributed by atoms with Crippen molar-refractivity contribution in [3.63, 3.8) is 0 Å². The number of ether oxygens (including phenoxy) is 1. The summed E-state index contributed by atoms with van der Waals surface area (Å²) in [6, 6.07) is 0.0979. The van der Waals surface area contributed by atoms with Crippen LogP contribution in [-0.2, 0) is 15.7 Å². The minimum absolute atomic E-state index is 0.0979. The van der Waals surface area contributed by atoms with Crippen LogP contribution in [0.3, 0.4) is 0 Å². The third kappa shape index (κ3) is 5.10. The Balaban J connectivity index is 2.36. The largest absolute Gasteiger partial charge is 0.447 e. The van der Waals surface area contributed by atoms with Crippen molar-refractivity contribution in [3.05, 3.63) is 0 Å². The molecule has 0 saturated heterocycles. The third-order valence-electron chi connectivity index (χ3n) is 2.95. The van der Waals surface area contributed by atoms with Crippen molar-refractivity contribution in [2.24, 2.45) is 0 Å². The molecule has 0 bridgehead atoms. The van der Waals surface area contributed by atoms with Crippen LogP contribution in [0.2, 0.25) is 0 Å². The summed E-state index contributed by atoms with van der Waals surface area (Å²) in [6.07, 6.45) is 1.04. The molecule has 0 radical (unpaired) electrons. The Morgan fingerprint density at radius 1 is 1.37 bits per heavy atom. The molecule has 1 atom stereocenters. The standard InChI is InChI=1S/C13H26N2O3S/c1-9(2)18-11(16)14-10-7-13(6,8-10)15-19(17)12(3,4)5/h9-10,15H,7-8H2,1-6H3,(H,14,16). The summed E-state index contributed by atoms with van der Waals surface area (Å²) in [4.78, 5) is 11.4. The molecule has 112 valence electrons. The Hall–Kier alpha value is -0.620. The molecule has 0 spiro atoms. The average Bonchev–Trinajstić information content (AvgIpc) is 2.11. The maximum Gasteiger partial charge on any atom is 0.407 e. The number of hydrogen-bond donors (Lipinski definition) is 2. The zero-order valence-corrected chi connectivity index (χ0v) is 13.5. The third-order valence-corrected chi connectivity index (χ3v) is 4.74. The highest BCUT2D eigenvalue weighted by Crippen LogP contribution is 2.33. The number of nitrogens with one attached hydrogen (secondary N) is 2. The first-order chi connectivity index (χ1) is 8.52. The van der Waals surface area contributed by atoms with E-state index in [0.717, 1.165) is 12.8 Å². The van der Waals surface area contributed by atoms with Crippen LogP contribution >= 0.6 is 0 Å². The van der Waals surface area contributed by atoms with Gasteiger partial charge in [0.1, 0.15) is 0 Å². The second-order valence-corrected chi connectivity index (χ2v) is 8.71. The van der Waals surface area contributed by atoms with E-state index < -0.39 is 11.0 Å². The van der Waals surface area contributed by atoms with Gasteiger partial charge in [0.15, 0.2) is 0 Å². The van der Waals surface area contributed by atoms with Gasteiger partial charge in [-0.2, -0.15) is 0 Å². The predicted octanol–water partition coefficient (Wildman–Crippen LogP) is 2.09. The van der Waals surface area contributed by atoms with Crippen LogP contribution in [0.25, 0.3) is 0 Å². The van der Waals surface area contributed by atoms with E-state index in [4.69, 9.17) is 4.74 Å². The van der Waals surface area contributed by atoms with Crippen LogP contribution in [0.5, 0.6) is 0 Å². The SMILES string of the molecule is CC(C)OC(=O)NC1CC(C)(NS(=O)C(C)(C)C)C1. The smallest absolute Gasteiger partial charge is 0.407 e. The fourth-order valence-electron chi connectivity index (χ4n) is 2.00. The van der Waals surface area contributed by atoms with Crippen LogP contribution in [0.4, 0.5) is 4.79 Å². The van der Waals surface area contributed by atoms with Crippen molar-refractivity contribution < 1.29 is 13.7 Å². The second-order valence-electron chi connectivity index (χ2n) is 6.75. The zero-order chi connectivity index (χ0) is 14.8. The molecule has 0 aromatic rings. The van der Waals surface area contributed by atoms with Gasteiger partial charge in [0.25, 0.3) is 0 Å². The van der Waals surface area contributed by atoms with E-state index in [9.17, 15) is 9.00 Å². The van der Waals surface area contributed by atoms with Crippen LogP contribution in [-0.4, -0.2) is 32.7 Å². The molecular weight excluding hydrogens is 264 g/mol. The van der Waals surface area contributed by atoms with Gasteiger partial charge in [-0.15, -0.1) is 0 Å². The van der Waals surface area contributed by atoms with Gasteiger partial charge in [0.2, 0.25) is 0 Å². The molecule has 1 aliphatic carbocycles. The number of rotatable bonds is 4. The Bertz CT molecular complexity index is 357. The second kappa shape index (κ2) is 5.79. The van der Waals surface area contributed by atoms with Crippen molar-refractivity contribution >= 4 is 17.1 Å². The lowest BCUT2D eigenvalue weighted by Crippen LogP contribution is -2.62. The van der Waals surface area contributed by atoms with E-state index >= 15 is 0 Å². The van der Waals surface area contributed by atoms with Crippen molar-refractivity contribution in [1.82, 2.24) is 10.0 Å². The molecule has 1 saturated carbocycles. The summed E-state index contributed by atoms with van der Waals surface area (Å²) in [6.45, 7) is 11.5. The lowest BCUT2D eigenvalue weighted by molar-refractivity contribution is 0.0968. The maximum absolute atomic E-state index is 12.0. The highest BCUT2D eigenvalue weighted by molar-refractivity contribution is 7.84. The van der Waals surface area contributed by atoms with Gasteiger partial charge in [-0.3, -0.25) is 0 Å². The summed E-state index contributed by atoms with van der Waals surface area (Å²) in [7, 11) is -1.09. The minimum Gasteiger partial charge on any atom is -0.447 e. The van der Waals surface area contributed by atoms with Gasteiger partial charge in [-0.1, -0.05) is 0 Å². The van der Waals surface area contributed by atoms with E-state index in [2.05, 4.69) is 10.0 Å². The number of alkyl carbamates (subject to hydrolysis) is 1. The van der Waals surface area contributed by atoms with E-state index in [0.29, 0.717) is 0 Å². The minimum atomic E-state index is -1.09. The molecule has 1 unspecified atom stereocenters. The fourth-order valence-corrected chi connectivity index (χ4v) is 2.93. The Kier molecular flexibility index (Phi) is 5.01. The highest BCUT2D eigenvalue weighted by atomic mass is 32.2. The Morgan fingerprint density at radius 3 is 2.32 bits per heavy atom. The zero-order valence-electron chi connectivity index (χ0n) is 12.7. The molecule has 1 fully saturated rings. The van der Waals surface area contributed by atoms with Crippen LogP contribution in [0, 0.1) is 0 Å². The molecule has 5 nitrogen and oxygen atoms in total. The van der Waals surface area contributed by atoms with Crippen molar-refractivity contribution in [3.8, 4) is 0 Å². The van der Waals surface area contributed by atoms with E-state index in [1.54, 1.807) is 0 Å². The number of amides is 1. The summed E-state index contributed by atoms with van der Waals surface area (Å²) < 4.78 is 19.9. The molecule has 0 aromatic carbocycles. The van der Waals surface area contributed by atoms with Crippen LogP contribution < -0.4 is 10.0 Å². The van der Waals surface area contributed by atoms with Crippen molar-refractivity contribution in [2.75, 3.05) is 0 Å². The first-order valence-electron chi connectivity index (χ1n) is 6.69. The topological polar surface area (TPSA) is 67.4 Å². The fraction of sp³-hybridized carbons (Fsp3) is 0.923. The lowest BCUT2D eigenvalue weighted by atomic mass is 9.75. The van der Waals surface area contributed by atoms with Crippen molar-refractivity contribution in [2.45, 2.75) is 76.8 Å². The summed E-state index contributed by atoms with van der Waals surface area (Å²) >= 11 is 0. The molecule has 0 heterocycles. The van der Waals surface area contributed by atoms with Crippen LogP contribution in [0.1, 0.15) is 54.4 Å². The van der Waals surface area contributed by atoms with E-state index in [1.807, 2.05) is 41.5 Å². The van der Waals surface area contributed by atoms with Crippen molar-refractivity contribution in [1.29, 1.82) is 0 Å². The lowest BCUT2D eigenvalue weighted by Gasteiger charge is -2.46. The normalized spacial score (nSPS) is 28.7.